The number of nitrogens with one attached hydrogen (secondary N) is 1. The molecule has 1 aliphatic heterocycles. The van der Waals surface area contributed by atoms with Gasteiger partial charge in [0.25, 0.3) is 5.91 Å². The van der Waals surface area contributed by atoms with Crippen LogP contribution >= 0.6 is 11.3 Å². The van der Waals surface area contributed by atoms with Crippen molar-refractivity contribution in [2.45, 2.75) is 154 Å². The van der Waals surface area contributed by atoms with E-state index in [1.165, 1.54) is 22.5 Å². The molecule has 2 amide bonds. The summed E-state index contributed by atoms with van der Waals surface area (Å²) in [5.41, 5.74) is 10.1. The number of likely N-dealkylation sites (tertiary alicyclic amines) is 1. The zero-order valence-corrected chi connectivity index (χ0v) is 43.8. The van der Waals surface area contributed by atoms with Gasteiger partial charge in [0.1, 0.15) is 16.3 Å². The summed E-state index contributed by atoms with van der Waals surface area (Å²) in [7, 11) is -1.40. The van der Waals surface area contributed by atoms with Crippen LogP contribution in [-0.4, -0.2) is 92.1 Å². The van der Waals surface area contributed by atoms with Gasteiger partial charge in [0, 0.05) is 59.3 Å². The number of ether oxygens (including phenoxy) is 2. The molecule has 3 heterocycles. The predicted octanol–water partition coefficient (Wildman–Crippen LogP) is 12.7. The van der Waals surface area contributed by atoms with Gasteiger partial charge in [-0.1, -0.05) is 63.6 Å². The number of unbranched alkanes of at least 4 members (excludes halogenated alkanes) is 6. The minimum absolute atomic E-state index is 0.0646. The molecular weight excluding hydrogens is 986 g/mol. The van der Waals surface area contributed by atoms with E-state index in [0.717, 1.165) is 107 Å². The molecule has 0 bridgehead atoms. The molecule has 7 atom stereocenters. The van der Waals surface area contributed by atoms with Gasteiger partial charge in [0.15, 0.2) is 0 Å². The summed E-state index contributed by atoms with van der Waals surface area (Å²) < 4.78 is 88.1. The van der Waals surface area contributed by atoms with Gasteiger partial charge in [0.2, 0.25) is 5.95 Å². The van der Waals surface area contributed by atoms with E-state index in [9.17, 15) is 40.9 Å². The zero-order valence-electron chi connectivity index (χ0n) is 42.2. The first kappa shape index (κ1) is 54.8. The molecule has 2 aromatic carbocycles. The van der Waals surface area contributed by atoms with E-state index in [1.807, 2.05) is 42.2 Å². The molecule has 3 fully saturated rings. The minimum Gasteiger partial charge on any atom is -0.494 e. The van der Waals surface area contributed by atoms with Gasteiger partial charge in [-0.3, -0.25) is 9.00 Å². The Hall–Kier alpha value is -4.42. The highest BCUT2D eigenvalue weighted by Gasteiger charge is 2.57. The Kier molecular flexibility index (Phi) is 18.1. The minimum atomic E-state index is -5.57. The number of anilines is 1. The van der Waals surface area contributed by atoms with Gasteiger partial charge in [-0.2, -0.15) is 22.0 Å². The van der Waals surface area contributed by atoms with Crippen LogP contribution < -0.4 is 20.5 Å². The maximum absolute atomic E-state index is 13.6. The topological polar surface area (TPSA) is 157 Å². The Bertz CT molecular complexity index is 2550. The fourth-order valence-electron chi connectivity index (χ4n) is 12.5. The van der Waals surface area contributed by atoms with Gasteiger partial charge < -0.3 is 30.5 Å². The average Bonchev–Trinajstić information content (AvgIpc) is 3.92. The highest BCUT2D eigenvalue weighted by molar-refractivity contribution is 7.84. The fourth-order valence-corrected chi connectivity index (χ4v) is 14.7. The van der Waals surface area contributed by atoms with Crippen LogP contribution in [0.1, 0.15) is 150 Å². The van der Waals surface area contributed by atoms with Crippen LogP contribution in [0.2, 0.25) is 0 Å². The molecule has 4 N–H and O–H groups in total. The molecule has 2 saturated carbocycles. The summed E-state index contributed by atoms with van der Waals surface area (Å²) >= 11 is 1.28. The van der Waals surface area contributed by atoms with Crippen molar-refractivity contribution in [2.24, 2.45) is 29.1 Å². The number of carbonyl (C=O) groups is 2. The number of halogens is 5. The van der Waals surface area contributed by atoms with E-state index >= 15 is 0 Å². The largest absolute Gasteiger partial charge is 0.494 e. The maximum atomic E-state index is 13.6. The molecule has 2 aromatic heterocycles. The molecular formula is C55H72F5N5O6S2. The fraction of sp³-hybridized carbons (Fsp3) is 0.636. The SMILES string of the molecule is CCNC(=O)c1cc2c(-c3cccc(OCCC4CCN(C(=O)Oc5ccc6c(c5)C[C@@H](CCCCCCCCCS(=O)CCCC(F)(F)C(F)(F)F)[C@@H]5[C@@H]6CC[C@]6(C)[C@@H](O)CC[C@@H]56)CC4)c3)nc(N)nc2s1. The van der Waals surface area contributed by atoms with Crippen molar-refractivity contribution in [2.75, 3.05) is 43.5 Å². The number of rotatable bonds is 22. The van der Waals surface area contributed by atoms with Crippen molar-refractivity contribution < 1.29 is 50.3 Å². The molecule has 4 aromatic rings. The van der Waals surface area contributed by atoms with E-state index < -0.39 is 35.7 Å². The van der Waals surface area contributed by atoms with Crippen molar-refractivity contribution in [3.63, 3.8) is 0 Å². The molecule has 18 heteroatoms. The van der Waals surface area contributed by atoms with Crippen LogP contribution in [0.4, 0.5) is 32.7 Å². The van der Waals surface area contributed by atoms with Crippen LogP contribution in [0.3, 0.4) is 0 Å². The smallest absolute Gasteiger partial charge is 0.453 e. The van der Waals surface area contributed by atoms with Crippen molar-refractivity contribution >= 4 is 50.3 Å². The third-order valence-corrected chi connectivity index (χ3v) is 19.0. The second-order valence-electron chi connectivity index (χ2n) is 21.3. The Morgan fingerprint density at radius 2 is 1.64 bits per heavy atom. The summed E-state index contributed by atoms with van der Waals surface area (Å²) in [4.78, 5) is 38.0. The molecule has 400 valence electrons. The van der Waals surface area contributed by atoms with Crippen molar-refractivity contribution in [1.82, 2.24) is 20.2 Å². The van der Waals surface area contributed by atoms with Gasteiger partial charge >= 0.3 is 18.2 Å². The van der Waals surface area contributed by atoms with Gasteiger partial charge in [-0.15, -0.1) is 11.3 Å². The number of hydrogen-bond donors (Lipinski definition) is 3. The van der Waals surface area contributed by atoms with Crippen molar-refractivity contribution in [1.29, 1.82) is 0 Å². The standard InChI is InChI=1S/C55H72F5N5O6S2/c1-3-62-49(67)45-34-43-48(63-51(61)64-50(43)72-45)37-14-11-15-39(32-37)70-28-23-35-21-26-65(27-22-35)52(68)71-40-16-17-41-38(33-40)31-36(47-42(41)20-25-53(2)44(47)18-19-46(53)66)13-9-7-5-4-6-8-10-29-73(69)30-12-24-54(56,57)55(58,59)60/h11,14-17,32-36,42,44,46-47,66H,3-10,12-13,18-31H2,1-2H3,(H,62,67)(H2,61,63,64)/t36-,42-,44+,46+,47-,53+,73?/m1/s1. The van der Waals surface area contributed by atoms with Crippen LogP contribution in [0.25, 0.3) is 21.5 Å². The molecule has 4 aliphatic rings. The Morgan fingerprint density at radius 1 is 0.904 bits per heavy atom. The number of thiophene rings is 1. The maximum Gasteiger partial charge on any atom is 0.453 e. The molecule has 3 aliphatic carbocycles. The summed E-state index contributed by atoms with van der Waals surface area (Å²) in [6.07, 6.45) is 7.32. The molecule has 0 radical (unpaired) electrons. The second kappa shape index (κ2) is 24.1. The third-order valence-electron chi connectivity index (χ3n) is 16.5. The summed E-state index contributed by atoms with van der Waals surface area (Å²) in [6.45, 7) is 6.43. The number of aliphatic hydroxyl groups excluding tert-OH is 1. The monoisotopic (exact) mass is 1060 g/mol. The normalized spacial score (nSPS) is 23.7. The molecule has 73 heavy (non-hydrogen) atoms. The number of aliphatic hydroxyl groups is 1. The highest BCUT2D eigenvalue weighted by Crippen LogP contribution is 2.63. The number of nitrogens with zero attached hydrogens (tertiary/aromatic N) is 3. The number of aromatic nitrogens is 2. The number of nitrogens with two attached hydrogens (primary N) is 1. The quantitative estimate of drug-likeness (QED) is 0.0515. The van der Waals surface area contributed by atoms with E-state index in [1.54, 1.807) is 6.07 Å². The lowest BCUT2D eigenvalue weighted by Gasteiger charge is -2.53. The van der Waals surface area contributed by atoms with Crippen LogP contribution in [0.15, 0.2) is 48.5 Å². The van der Waals surface area contributed by atoms with Crippen molar-refractivity contribution in [3.05, 3.63) is 64.5 Å². The Balaban J connectivity index is 0.785. The number of benzene rings is 2. The number of carbonyl (C=O) groups excluding carboxylic acids is 2. The van der Waals surface area contributed by atoms with Crippen molar-refractivity contribution in [3.8, 4) is 22.8 Å². The van der Waals surface area contributed by atoms with Crippen LogP contribution in [-0.2, 0) is 17.2 Å². The number of fused-ring (bicyclic) bond motifs is 6. The number of alkyl halides is 5. The molecule has 1 unspecified atom stereocenters. The second-order valence-corrected chi connectivity index (χ2v) is 24.0. The summed E-state index contributed by atoms with van der Waals surface area (Å²) in [5, 5.41) is 14.8. The number of piperidine rings is 1. The third kappa shape index (κ3) is 13.2. The number of nitrogen functional groups attached to an aromatic ring is 1. The first-order valence-electron chi connectivity index (χ1n) is 26.6. The van der Waals surface area contributed by atoms with Gasteiger partial charge in [0.05, 0.1) is 23.3 Å². The van der Waals surface area contributed by atoms with Crippen LogP contribution in [0, 0.1) is 29.1 Å². The number of hydrogen-bond acceptors (Lipinski definition) is 10. The van der Waals surface area contributed by atoms with E-state index in [-0.39, 0.29) is 35.2 Å². The Labute approximate surface area is 432 Å². The molecule has 1 saturated heterocycles. The van der Waals surface area contributed by atoms with Gasteiger partial charge in [-0.05, 0) is 154 Å². The van der Waals surface area contributed by atoms with E-state index in [4.69, 9.17) is 15.2 Å². The molecule has 11 nitrogen and oxygen atoms in total. The lowest BCUT2D eigenvalue weighted by atomic mass is 9.52. The number of amides is 2. The van der Waals surface area contributed by atoms with Gasteiger partial charge in [-0.25, -0.2) is 14.8 Å². The average molecular weight is 1060 g/mol. The zero-order chi connectivity index (χ0) is 51.9. The predicted molar refractivity (Wildman–Crippen MR) is 277 cm³/mol. The Morgan fingerprint density at radius 3 is 2.40 bits per heavy atom. The van der Waals surface area contributed by atoms with E-state index in [2.05, 4.69) is 34.3 Å². The highest BCUT2D eigenvalue weighted by atomic mass is 32.2. The first-order chi connectivity index (χ1) is 34.9. The van der Waals surface area contributed by atoms with E-state index in [0.29, 0.717) is 94.9 Å². The van der Waals surface area contributed by atoms with Crippen LogP contribution in [0.5, 0.6) is 11.5 Å². The summed E-state index contributed by atoms with van der Waals surface area (Å²) in [5.74, 6) is -1.08. The lowest BCUT2D eigenvalue weighted by molar-refractivity contribution is -0.284. The molecule has 8 rings (SSSR count). The first-order valence-corrected chi connectivity index (χ1v) is 28.9. The molecule has 0 spiro atoms. The lowest BCUT2D eigenvalue weighted by Crippen LogP contribution is -2.47. The summed E-state index contributed by atoms with van der Waals surface area (Å²) in [6, 6.07) is 15.8.